The van der Waals surface area contributed by atoms with Crippen LogP contribution in [0.4, 0.5) is 0 Å². The maximum absolute atomic E-state index is 11.3. The number of likely N-dealkylation sites (tertiary alicyclic amines) is 1. The first-order valence-electron chi connectivity index (χ1n) is 16.5. The van der Waals surface area contributed by atoms with Crippen LogP contribution in [0.5, 0.6) is 5.88 Å². The van der Waals surface area contributed by atoms with Crippen molar-refractivity contribution in [2.45, 2.75) is 64.0 Å². The van der Waals surface area contributed by atoms with Crippen molar-refractivity contribution in [1.82, 2.24) is 25.0 Å². The quantitative estimate of drug-likeness (QED) is 0.252. The normalized spacial score (nSPS) is 22.4. The van der Waals surface area contributed by atoms with E-state index in [0.29, 0.717) is 51.8 Å². The second-order valence-corrected chi connectivity index (χ2v) is 14.7. The van der Waals surface area contributed by atoms with E-state index in [2.05, 4.69) is 50.9 Å². The van der Waals surface area contributed by atoms with Gasteiger partial charge in [-0.05, 0) is 87.7 Å². The highest BCUT2D eigenvalue weighted by Gasteiger charge is 2.28. The number of dihydropyridines is 1. The van der Waals surface area contributed by atoms with Crippen LogP contribution in [0.3, 0.4) is 0 Å². The highest BCUT2D eigenvalue weighted by Crippen LogP contribution is 2.27. The number of piperidine rings is 1. The first-order valence-corrected chi connectivity index (χ1v) is 18.1. The molecule has 3 atom stereocenters. The van der Waals surface area contributed by atoms with Crippen molar-refractivity contribution < 1.29 is 13.7 Å². The molecular formula is C35H45Cl2N6O3S+. The van der Waals surface area contributed by atoms with Crippen molar-refractivity contribution in [1.29, 1.82) is 0 Å². The summed E-state index contributed by atoms with van der Waals surface area (Å²) in [5.74, 6) is 2.04. The number of aliphatic imine (C=N–C) groups is 1. The van der Waals surface area contributed by atoms with Crippen molar-refractivity contribution in [3.63, 3.8) is 0 Å². The number of amides is 1. The van der Waals surface area contributed by atoms with Gasteiger partial charge >= 0.3 is 11.7 Å². The van der Waals surface area contributed by atoms with Gasteiger partial charge < -0.3 is 15.0 Å². The molecule has 252 valence electrons. The third-order valence-electron chi connectivity index (χ3n) is 9.08. The second kappa shape index (κ2) is 17.0. The molecule has 0 spiro atoms. The standard InChI is InChI=1S/C35H44Cl2N6O3S/c1-24(16-25(2)47-45)42-12-14-43(15-13-42)34-7-6-32(22-39-34)46-35-18-28(23-41-10-8-27(9-11-41)21-38-26(3)44)17-33(40-35)29-4-5-30(36)20-31(37)19-29/h5-7,17-20,24-25,27,32H,8-16,21-23H2,1-3H3/p+1/t24?,25-,32?/m1/s1. The molecule has 1 amide bonds. The van der Waals surface area contributed by atoms with Crippen molar-refractivity contribution in [2.75, 3.05) is 52.4 Å². The van der Waals surface area contributed by atoms with Crippen LogP contribution in [0.15, 0.2) is 63.3 Å². The Kier molecular flexibility index (Phi) is 12.8. The molecule has 2 unspecified atom stereocenters. The van der Waals surface area contributed by atoms with Crippen molar-refractivity contribution in [3.8, 4) is 5.88 Å². The van der Waals surface area contributed by atoms with Crippen LogP contribution in [0.25, 0.3) is 5.57 Å². The molecule has 4 heterocycles. The van der Waals surface area contributed by atoms with Crippen LogP contribution in [0, 0.1) is 5.92 Å². The Labute approximate surface area is 292 Å². The molecule has 4 aliphatic rings. The number of hydrogen-bond acceptors (Lipinski definition) is 8. The summed E-state index contributed by atoms with van der Waals surface area (Å²) >= 11 is 13.4. The lowest BCUT2D eigenvalue weighted by molar-refractivity contribution is -0.119. The molecule has 12 heteroatoms. The fourth-order valence-electron chi connectivity index (χ4n) is 6.42. The first kappa shape index (κ1) is 35.5. The minimum absolute atomic E-state index is 0.0256. The summed E-state index contributed by atoms with van der Waals surface area (Å²) in [5.41, 5.74) is 5.77. The fraction of sp³-hybridized carbons (Fsp3) is 0.543. The molecule has 9 nitrogen and oxygen atoms in total. The van der Waals surface area contributed by atoms with E-state index >= 15 is 0 Å². The third kappa shape index (κ3) is 10.6. The summed E-state index contributed by atoms with van der Waals surface area (Å²) in [6.07, 6.45) is 12.1. The molecule has 2 fully saturated rings. The summed E-state index contributed by atoms with van der Waals surface area (Å²) in [7, 11) is 0. The van der Waals surface area contributed by atoms with Crippen LogP contribution >= 0.6 is 23.2 Å². The minimum Gasteiger partial charge on any atom is -0.468 e. The van der Waals surface area contributed by atoms with Crippen LogP contribution in [0.2, 0.25) is 0 Å². The van der Waals surface area contributed by atoms with E-state index in [4.69, 9.17) is 37.9 Å². The first-order chi connectivity index (χ1) is 22.6. The highest BCUT2D eigenvalue weighted by atomic mass is 35.5. The van der Waals surface area contributed by atoms with Crippen LogP contribution in [-0.2, 0) is 27.2 Å². The number of rotatable bonds is 11. The Balaban J connectivity index is 1.23. The highest BCUT2D eigenvalue weighted by molar-refractivity contribution is 7.66. The zero-order valence-electron chi connectivity index (χ0n) is 27.5. The number of carbonyl (C=O) groups is 1. The molecule has 2 saturated heterocycles. The van der Waals surface area contributed by atoms with Crippen molar-refractivity contribution in [2.24, 2.45) is 10.9 Å². The van der Waals surface area contributed by atoms with Gasteiger partial charge in [0, 0.05) is 84.6 Å². The van der Waals surface area contributed by atoms with E-state index in [0.717, 1.165) is 88.6 Å². The number of hydrogen-bond donors (Lipinski definition) is 1. The smallest absolute Gasteiger partial charge is 0.461 e. The SMILES string of the molecule is CC(=O)NCC1CCN(Cc2cc(OC3C=CC(N4CCN(C(C)C[C@@H](C)[S+]=O)CC4)=NC3)nc(C3=C=CC(Cl)=CC(Cl)=C3)c2)CC1. The average molecular weight is 701 g/mol. The minimum atomic E-state index is -0.236. The fourth-order valence-corrected chi connectivity index (χ4v) is 7.23. The van der Waals surface area contributed by atoms with E-state index in [-0.39, 0.29) is 17.3 Å². The number of nitrogens with one attached hydrogen (secondary N) is 1. The summed E-state index contributed by atoms with van der Waals surface area (Å²) in [4.78, 5) is 28.3. The van der Waals surface area contributed by atoms with Crippen LogP contribution < -0.4 is 10.1 Å². The predicted octanol–water partition coefficient (Wildman–Crippen LogP) is 5.16. The number of amidine groups is 1. The van der Waals surface area contributed by atoms with E-state index in [1.54, 1.807) is 19.1 Å². The van der Waals surface area contributed by atoms with Gasteiger partial charge in [0.25, 0.3) is 0 Å². The average Bonchev–Trinajstić information content (AvgIpc) is 3.24. The maximum Gasteiger partial charge on any atom is 0.461 e. The number of halogens is 2. The molecule has 3 aliphatic heterocycles. The zero-order valence-corrected chi connectivity index (χ0v) is 29.8. The Morgan fingerprint density at radius 2 is 1.87 bits per heavy atom. The number of nitrogens with zero attached hydrogens (tertiary/aromatic N) is 5. The predicted molar refractivity (Wildman–Crippen MR) is 191 cm³/mol. The molecule has 1 N–H and O–H groups in total. The topological polar surface area (TPSA) is 90.4 Å². The van der Waals surface area contributed by atoms with Gasteiger partial charge in [-0.3, -0.25) is 19.6 Å². The zero-order chi connectivity index (χ0) is 33.3. The molecule has 47 heavy (non-hydrogen) atoms. The number of pyridine rings is 1. The van der Waals surface area contributed by atoms with Crippen LogP contribution in [0.1, 0.15) is 51.3 Å². The Morgan fingerprint density at radius 3 is 2.55 bits per heavy atom. The molecule has 1 aromatic rings. The third-order valence-corrected chi connectivity index (χ3v) is 10.0. The summed E-state index contributed by atoms with van der Waals surface area (Å²) < 4.78 is 17.6. The van der Waals surface area contributed by atoms with Crippen molar-refractivity contribution in [3.05, 3.63) is 69.6 Å². The maximum atomic E-state index is 11.3. The van der Waals surface area contributed by atoms with Gasteiger partial charge in [-0.15, -0.1) is 5.73 Å². The van der Waals surface area contributed by atoms with Gasteiger partial charge in [0.2, 0.25) is 17.0 Å². The molecular weight excluding hydrogens is 655 g/mol. The Morgan fingerprint density at radius 1 is 1.11 bits per heavy atom. The van der Waals surface area contributed by atoms with E-state index in [9.17, 15) is 9.00 Å². The molecule has 0 aromatic carbocycles. The van der Waals surface area contributed by atoms with Gasteiger partial charge in [0.1, 0.15) is 11.9 Å². The molecule has 0 bridgehead atoms. The Bertz CT molecular complexity index is 1490. The lowest BCUT2D eigenvalue weighted by Crippen LogP contribution is -2.51. The number of aromatic nitrogens is 1. The second-order valence-electron chi connectivity index (χ2n) is 12.8. The largest absolute Gasteiger partial charge is 0.468 e. The van der Waals surface area contributed by atoms with E-state index in [1.807, 2.05) is 19.1 Å². The van der Waals surface area contributed by atoms with Gasteiger partial charge in [0.15, 0.2) is 0 Å². The number of allylic oxidation sites excluding steroid dienone is 5. The summed E-state index contributed by atoms with van der Waals surface area (Å²) in [6.45, 7) is 13.5. The van der Waals surface area contributed by atoms with Crippen molar-refractivity contribution >= 4 is 52.2 Å². The van der Waals surface area contributed by atoms with Gasteiger partial charge in [0.05, 0.1) is 12.2 Å². The van der Waals surface area contributed by atoms with Gasteiger partial charge in [-0.2, -0.15) is 0 Å². The molecule has 0 radical (unpaired) electrons. The monoisotopic (exact) mass is 699 g/mol. The lowest BCUT2D eigenvalue weighted by atomic mass is 9.96. The van der Waals surface area contributed by atoms with E-state index in [1.165, 1.54) is 0 Å². The number of carbonyl (C=O) groups excluding carboxylic acids is 1. The summed E-state index contributed by atoms with van der Waals surface area (Å²) in [5, 5.41) is 4.09. The molecule has 1 aliphatic carbocycles. The number of ether oxygens (including phenoxy) is 1. The number of piperazine rings is 1. The van der Waals surface area contributed by atoms with E-state index < -0.39 is 0 Å². The summed E-state index contributed by atoms with van der Waals surface area (Å²) in [6, 6.07) is 4.48. The van der Waals surface area contributed by atoms with Gasteiger partial charge in [-0.1, -0.05) is 23.2 Å². The Hall–Kier alpha value is -2.85. The molecule has 1 aromatic heterocycles. The van der Waals surface area contributed by atoms with Crippen LogP contribution in [-0.4, -0.2) is 101 Å². The molecule has 5 rings (SSSR count). The lowest BCUT2D eigenvalue weighted by Gasteiger charge is -2.39. The molecule has 0 saturated carbocycles. The van der Waals surface area contributed by atoms with Gasteiger partial charge in [-0.25, -0.2) is 4.98 Å².